The zero-order valence-corrected chi connectivity index (χ0v) is 5.43. The highest BCUT2D eigenvalue weighted by Gasteiger charge is 2.14. The fourth-order valence-corrected chi connectivity index (χ4v) is 1.12. The third-order valence-electron chi connectivity index (χ3n) is 1.69. The summed E-state index contributed by atoms with van der Waals surface area (Å²) in [6.45, 7) is 0. The Morgan fingerprint density at radius 1 is 1.09 bits per heavy atom. The van der Waals surface area contributed by atoms with Crippen molar-refractivity contribution in [3.63, 3.8) is 0 Å². The van der Waals surface area contributed by atoms with Crippen LogP contribution in [0, 0.1) is 5.82 Å². The molecule has 0 aliphatic rings. The Kier molecular flexibility index (Phi) is 0.990. The van der Waals surface area contributed by atoms with Crippen molar-refractivity contribution < 1.29 is 4.39 Å². The molecule has 0 spiro atoms. The zero-order valence-electron chi connectivity index (χ0n) is 5.43. The molecule has 2 nitrogen and oxygen atoms in total. The minimum atomic E-state index is -0.710. The maximum absolute atomic E-state index is 12.7. The highest BCUT2D eigenvalue weighted by molar-refractivity contribution is 5.87. The van der Waals surface area contributed by atoms with Gasteiger partial charge in [-0.25, -0.2) is 4.39 Å². The molecule has 2 aromatic rings. The van der Waals surface area contributed by atoms with Gasteiger partial charge in [0.15, 0.2) is 0 Å². The minimum absolute atomic E-state index is 0.0579. The van der Waals surface area contributed by atoms with E-state index in [9.17, 15) is 14.0 Å². The highest BCUT2D eigenvalue weighted by Crippen LogP contribution is 2.10. The molecule has 0 radical (unpaired) electrons. The lowest BCUT2D eigenvalue weighted by atomic mass is 10.1. The van der Waals surface area contributed by atoms with E-state index in [1.165, 1.54) is 18.2 Å². The summed E-state index contributed by atoms with van der Waals surface area (Å²) in [5, 5.41) is 0.146. The Balaban J connectivity index is 3.08. The average Bonchev–Trinajstić information content (AvgIpc) is 2.03. The van der Waals surface area contributed by atoms with Gasteiger partial charge in [-0.1, -0.05) is 6.07 Å². The number of halogens is 1. The smallest absolute Gasteiger partial charge is 0.237 e. The average molecular weight is 150 g/mol. The van der Waals surface area contributed by atoms with Crippen molar-refractivity contribution in [3.8, 4) is 0 Å². The summed E-state index contributed by atoms with van der Waals surface area (Å²) < 4.78 is 12.7. The second kappa shape index (κ2) is 1.75. The van der Waals surface area contributed by atoms with Crippen LogP contribution >= 0.6 is 0 Å². The molecule has 0 unspecified atom stereocenters. The second-order valence-electron chi connectivity index (χ2n) is 2.32. The number of benzene rings is 1. The Bertz CT molecular complexity index is 492. The first kappa shape index (κ1) is 6.22. The fraction of sp³-hybridized carbons (Fsp3) is 0. The minimum Gasteiger partial charge on any atom is -0.285 e. The van der Waals surface area contributed by atoms with E-state index in [0.717, 1.165) is 0 Å². The van der Waals surface area contributed by atoms with Crippen molar-refractivity contribution in [1.29, 1.82) is 0 Å². The van der Waals surface area contributed by atoms with E-state index in [2.05, 4.69) is 0 Å². The number of hydrogen-bond acceptors (Lipinski definition) is 2. The van der Waals surface area contributed by atoms with Gasteiger partial charge < -0.3 is 0 Å². The van der Waals surface area contributed by atoms with E-state index < -0.39 is 16.7 Å². The first-order valence-corrected chi connectivity index (χ1v) is 3.09. The van der Waals surface area contributed by atoms with Crippen LogP contribution in [0.4, 0.5) is 4.39 Å². The van der Waals surface area contributed by atoms with Crippen molar-refractivity contribution in [3.05, 3.63) is 44.5 Å². The summed E-state index contributed by atoms with van der Waals surface area (Å²) in [5.74, 6) is -0.605. The lowest BCUT2D eigenvalue weighted by molar-refractivity contribution is 0.638. The molecule has 54 valence electrons. The highest BCUT2D eigenvalue weighted by atomic mass is 19.1. The van der Waals surface area contributed by atoms with E-state index in [-0.39, 0.29) is 10.8 Å². The largest absolute Gasteiger partial charge is 0.285 e. The van der Waals surface area contributed by atoms with Gasteiger partial charge in [-0.2, -0.15) is 0 Å². The van der Waals surface area contributed by atoms with Crippen LogP contribution in [0.5, 0.6) is 0 Å². The third-order valence-corrected chi connectivity index (χ3v) is 1.69. The molecule has 2 rings (SSSR count). The monoisotopic (exact) mass is 150 g/mol. The summed E-state index contributed by atoms with van der Waals surface area (Å²) in [7, 11) is 0. The molecule has 11 heavy (non-hydrogen) atoms. The van der Waals surface area contributed by atoms with Crippen molar-refractivity contribution in [1.82, 2.24) is 0 Å². The lowest BCUT2D eigenvalue weighted by Crippen LogP contribution is -2.31. The first-order chi connectivity index (χ1) is 5.22. The van der Waals surface area contributed by atoms with Gasteiger partial charge >= 0.3 is 0 Å². The first-order valence-electron chi connectivity index (χ1n) is 3.09. The van der Waals surface area contributed by atoms with Crippen LogP contribution in [0.2, 0.25) is 0 Å². The third kappa shape index (κ3) is 0.596. The van der Waals surface area contributed by atoms with Gasteiger partial charge in [0.2, 0.25) is 10.9 Å². The molecule has 0 saturated heterocycles. The molecule has 0 heterocycles. The number of hydrogen-bond donors (Lipinski definition) is 0. The van der Waals surface area contributed by atoms with Gasteiger partial charge in [-0.3, -0.25) is 9.59 Å². The molecular weight excluding hydrogens is 147 g/mol. The van der Waals surface area contributed by atoms with Crippen LogP contribution in [-0.4, -0.2) is 0 Å². The molecule has 0 saturated carbocycles. The topological polar surface area (TPSA) is 34.1 Å². The standard InChI is InChI=1S/C8H3FO2/c9-5-3-1-2-4-6(5)8(11)7(4)10/h1-3H. The molecule has 0 atom stereocenters. The SMILES string of the molecule is O=c1c(=O)c2c(F)cccc12. The Morgan fingerprint density at radius 2 is 1.82 bits per heavy atom. The van der Waals surface area contributed by atoms with E-state index in [1.54, 1.807) is 0 Å². The molecule has 0 N–H and O–H groups in total. The molecule has 0 amide bonds. The molecule has 0 fully saturated rings. The predicted molar refractivity (Wildman–Crippen MR) is 38.8 cm³/mol. The molecule has 0 aromatic heterocycles. The molecule has 3 heteroatoms. The van der Waals surface area contributed by atoms with Crippen LogP contribution < -0.4 is 10.9 Å². The summed E-state index contributed by atoms with van der Waals surface area (Å²) in [6, 6.07) is 4.03. The lowest BCUT2D eigenvalue weighted by Gasteiger charge is -1.97. The Morgan fingerprint density at radius 3 is 2.45 bits per heavy atom. The van der Waals surface area contributed by atoms with E-state index in [0.29, 0.717) is 0 Å². The summed E-state index contributed by atoms with van der Waals surface area (Å²) in [4.78, 5) is 21.4. The molecule has 0 aliphatic carbocycles. The maximum atomic E-state index is 12.7. The van der Waals surface area contributed by atoms with Crippen molar-refractivity contribution in [2.24, 2.45) is 0 Å². The fourth-order valence-electron chi connectivity index (χ4n) is 1.12. The quantitative estimate of drug-likeness (QED) is 0.514. The van der Waals surface area contributed by atoms with Gasteiger partial charge in [0.1, 0.15) is 5.82 Å². The molecule has 0 bridgehead atoms. The van der Waals surface area contributed by atoms with Crippen molar-refractivity contribution >= 4 is 10.8 Å². The van der Waals surface area contributed by atoms with Crippen LogP contribution in [0.25, 0.3) is 10.8 Å². The van der Waals surface area contributed by atoms with Gasteiger partial charge in [0.05, 0.1) is 5.39 Å². The zero-order chi connectivity index (χ0) is 8.01. The maximum Gasteiger partial charge on any atom is 0.237 e. The summed E-state index contributed by atoms with van der Waals surface area (Å²) in [6.07, 6.45) is 0. The van der Waals surface area contributed by atoms with Gasteiger partial charge in [0.25, 0.3) is 0 Å². The second-order valence-corrected chi connectivity index (χ2v) is 2.32. The van der Waals surface area contributed by atoms with E-state index in [4.69, 9.17) is 0 Å². The van der Waals surface area contributed by atoms with Crippen LogP contribution in [0.1, 0.15) is 0 Å². The normalized spacial score (nSPS) is 11.0. The Hall–Kier alpha value is -1.51. The molecule has 2 aromatic carbocycles. The van der Waals surface area contributed by atoms with Crippen molar-refractivity contribution in [2.45, 2.75) is 0 Å². The van der Waals surface area contributed by atoms with Gasteiger partial charge in [0, 0.05) is 5.39 Å². The van der Waals surface area contributed by atoms with Crippen LogP contribution in [0.3, 0.4) is 0 Å². The van der Waals surface area contributed by atoms with E-state index in [1.807, 2.05) is 0 Å². The van der Waals surface area contributed by atoms with Gasteiger partial charge in [-0.05, 0) is 12.1 Å². The Labute approximate surface area is 60.6 Å². The predicted octanol–water partition coefficient (Wildman–Crippen LogP) is 0.575. The summed E-state index contributed by atoms with van der Waals surface area (Å²) in [5.41, 5.74) is -1.29. The summed E-state index contributed by atoms with van der Waals surface area (Å²) >= 11 is 0. The number of rotatable bonds is 0. The molecule has 0 aliphatic heterocycles. The van der Waals surface area contributed by atoms with E-state index >= 15 is 0 Å². The van der Waals surface area contributed by atoms with Crippen LogP contribution in [-0.2, 0) is 0 Å². The number of fused-ring (bicyclic) bond motifs is 1. The van der Waals surface area contributed by atoms with Crippen molar-refractivity contribution in [2.75, 3.05) is 0 Å². The van der Waals surface area contributed by atoms with Gasteiger partial charge in [-0.15, -0.1) is 0 Å². The molecular formula is C8H3FO2. The van der Waals surface area contributed by atoms with Crippen LogP contribution in [0.15, 0.2) is 27.8 Å².